The first-order chi connectivity index (χ1) is 26.8. The van der Waals surface area contributed by atoms with Crippen molar-refractivity contribution >= 4 is 40.5 Å². The third-order valence-corrected chi connectivity index (χ3v) is 12.9. The molecule has 5 heterocycles. The topological polar surface area (TPSA) is 149 Å². The van der Waals surface area contributed by atoms with Crippen molar-refractivity contribution in [3.05, 3.63) is 47.7 Å². The van der Waals surface area contributed by atoms with Crippen LogP contribution in [0.5, 0.6) is 0 Å². The molecule has 1 N–H and O–H groups in total. The van der Waals surface area contributed by atoms with Gasteiger partial charge in [0.1, 0.15) is 18.1 Å². The molecule has 4 aliphatic heterocycles. The Labute approximate surface area is 337 Å². The minimum absolute atomic E-state index is 0.160. The van der Waals surface area contributed by atoms with Crippen molar-refractivity contribution in [2.45, 2.75) is 129 Å². The number of ketones is 1. The van der Waals surface area contributed by atoms with Gasteiger partial charge in [0.2, 0.25) is 0 Å². The number of esters is 1. The van der Waals surface area contributed by atoms with Crippen molar-refractivity contribution < 1.29 is 43.2 Å². The van der Waals surface area contributed by atoms with Gasteiger partial charge in [0.05, 0.1) is 42.5 Å². The highest BCUT2D eigenvalue weighted by molar-refractivity contribution is 6.00. The number of fused-ring (bicyclic) bond motifs is 2. The number of aliphatic hydroxyl groups is 1. The van der Waals surface area contributed by atoms with Crippen molar-refractivity contribution in [2.75, 3.05) is 33.8 Å². The second-order valence-corrected chi connectivity index (χ2v) is 17.4. The summed E-state index contributed by atoms with van der Waals surface area (Å²) in [7, 11) is 3.81. The Morgan fingerprint density at radius 3 is 2.49 bits per heavy atom. The number of amides is 1. The number of hydrogen-bond donors (Lipinski definition) is 1. The van der Waals surface area contributed by atoms with Crippen LogP contribution in [0.4, 0.5) is 4.79 Å². The van der Waals surface area contributed by atoms with Gasteiger partial charge >= 0.3 is 12.1 Å². The number of aromatic nitrogens is 1. The molecule has 0 radical (unpaired) electrons. The third kappa shape index (κ3) is 8.55. The summed E-state index contributed by atoms with van der Waals surface area (Å²) in [6, 6.07) is 9.37. The van der Waals surface area contributed by atoms with E-state index in [0.29, 0.717) is 25.9 Å². The van der Waals surface area contributed by atoms with Crippen molar-refractivity contribution in [3.8, 4) is 0 Å². The van der Waals surface area contributed by atoms with E-state index in [9.17, 15) is 19.5 Å². The predicted octanol–water partition coefficient (Wildman–Crippen LogP) is 5.63. The van der Waals surface area contributed by atoms with Crippen LogP contribution in [0.3, 0.4) is 0 Å². The van der Waals surface area contributed by atoms with Crippen LogP contribution < -0.4 is 0 Å². The quantitative estimate of drug-likeness (QED) is 0.275. The maximum absolute atomic E-state index is 14.5. The number of aliphatic imine (C=N–C) groups is 1. The zero-order chi connectivity index (χ0) is 41.6. The second kappa shape index (κ2) is 16.8. The Bertz CT molecular complexity index is 1880. The number of aryl methyl sites for hydroxylation is 1. The number of carbonyl (C=O) groups is 3. The monoisotopic (exact) mass is 790 g/mol. The van der Waals surface area contributed by atoms with E-state index in [1.54, 1.807) is 25.7 Å². The fourth-order valence-electron chi connectivity index (χ4n) is 9.63. The molecule has 312 valence electrons. The van der Waals surface area contributed by atoms with Gasteiger partial charge in [0.25, 0.3) is 0 Å². The first-order valence-electron chi connectivity index (χ1n) is 20.5. The summed E-state index contributed by atoms with van der Waals surface area (Å²) in [5, 5.41) is 12.7. The summed E-state index contributed by atoms with van der Waals surface area (Å²) >= 11 is 0. The van der Waals surface area contributed by atoms with Gasteiger partial charge < -0.3 is 33.7 Å². The van der Waals surface area contributed by atoms with Crippen LogP contribution in [0.25, 0.3) is 17.0 Å². The largest absolute Gasteiger partial charge is 0.458 e. The number of rotatable bonds is 7. The molecular weight excluding hydrogens is 729 g/mol. The van der Waals surface area contributed by atoms with Crippen LogP contribution in [0.1, 0.15) is 79.5 Å². The van der Waals surface area contributed by atoms with E-state index in [1.165, 1.54) is 6.92 Å². The van der Waals surface area contributed by atoms with E-state index in [4.69, 9.17) is 28.7 Å². The Morgan fingerprint density at radius 1 is 1.04 bits per heavy atom. The molecule has 13 nitrogen and oxygen atoms in total. The number of aliphatic hydroxyl groups excluding tert-OH is 1. The van der Waals surface area contributed by atoms with Crippen LogP contribution in [0.2, 0.25) is 0 Å². The van der Waals surface area contributed by atoms with Gasteiger partial charge in [-0.25, -0.2) is 4.79 Å². The minimum Gasteiger partial charge on any atom is -0.458 e. The molecule has 2 bridgehead atoms. The fourth-order valence-corrected chi connectivity index (χ4v) is 9.63. The summed E-state index contributed by atoms with van der Waals surface area (Å²) in [5.41, 5.74) is 1.33. The molecule has 1 aromatic carbocycles. The summed E-state index contributed by atoms with van der Waals surface area (Å²) in [5.74, 6) is -3.73. The summed E-state index contributed by atoms with van der Waals surface area (Å²) < 4.78 is 32.1. The molecule has 1 unspecified atom stereocenters. The number of likely N-dealkylation sites (N-methyl/N-ethyl adjacent to an activating group) is 1. The minimum atomic E-state index is -1.20. The fraction of sp³-hybridized carbons (Fsp3) is 0.659. The van der Waals surface area contributed by atoms with Crippen molar-refractivity contribution in [1.82, 2.24) is 14.8 Å². The first kappa shape index (κ1) is 42.8. The molecular formula is C44H62N4O9. The molecule has 0 aliphatic carbocycles. The van der Waals surface area contributed by atoms with Gasteiger partial charge in [-0.1, -0.05) is 45.1 Å². The predicted molar refractivity (Wildman–Crippen MR) is 217 cm³/mol. The number of cyclic esters (lactones) is 1. The van der Waals surface area contributed by atoms with Crippen LogP contribution in [0.15, 0.2) is 41.4 Å². The number of Topliss-reactive ketones (excluding diaryl/α,β-unsaturated/α-hetero) is 1. The molecule has 13 atom stereocenters. The lowest BCUT2D eigenvalue weighted by molar-refractivity contribution is -0.296. The molecule has 4 aliphatic rings. The number of carbonyl (C=O) groups excluding carboxylic acids is 3. The molecule has 2 aromatic rings. The van der Waals surface area contributed by atoms with Crippen molar-refractivity contribution in [1.29, 1.82) is 0 Å². The van der Waals surface area contributed by atoms with Gasteiger partial charge in [-0.3, -0.25) is 24.5 Å². The zero-order valence-corrected chi connectivity index (χ0v) is 35.4. The Hall–Kier alpha value is -3.75. The van der Waals surface area contributed by atoms with Gasteiger partial charge in [-0.2, -0.15) is 0 Å². The van der Waals surface area contributed by atoms with Crippen molar-refractivity contribution in [2.24, 2.45) is 28.7 Å². The average Bonchev–Trinajstić information content (AvgIpc) is 3.29. The van der Waals surface area contributed by atoms with Crippen LogP contribution in [-0.4, -0.2) is 131 Å². The lowest BCUT2D eigenvalue weighted by Crippen LogP contribution is -2.60. The van der Waals surface area contributed by atoms with Crippen LogP contribution in [0, 0.1) is 30.6 Å². The van der Waals surface area contributed by atoms with Gasteiger partial charge in [0, 0.05) is 41.2 Å². The van der Waals surface area contributed by atoms with Crippen molar-refractivity contribution in [3.63, 3.8) is 0 Å². The number of nitrogens with zero attached hydrogens (tertiary/aromatic N) is 4. The molecule has 6 rings (SSSR count). The summed E-state index contributed by atoms with van der Waals surface area (Å²) in [4.78, 5) is 55.1. The standard InChI is InChI=1S/C44H62N4O9/c1-24-23-43(8,53-20-12-13-31-15-17-33-32(22-31)16-14-25(2)46-33)39(56-41-37(50)34(47(10)11)21-26(3)54-41)28(5)36(49)29(6)40(51)55-30(7)44(9)38-27(4)35(24)45-18-19-48(38)42(52)57-44/h12-17,22,24,26-30,34,37-39,41,50H,18-21,23H2,1-11H3/b13-12+/t24-,26+,27+,28+,29-,30-,34-,37?,38-,39-,41-,43+,44-/m1/s1. The Kier molecular flexibility index (Phi) is 12.7. The highest BCUT2D eigenvalue weighted by Crippen LogP contribution is 2.43. The summed E-state index contributed by atoms with van der Waals surface area (Å²) in [6.45, 7) is 17.6. The molecule has 1 aromatic heterocycles. The number of hydrogen-bond acceptors (Lipinski definition) is 12. The van der Waals surface area contributed by atoms with E-state index in [-0.39, 0.29) is 30.6 Å². The molecule has 0 saturated carbocycles. The van der Waals surface area contributed by atoms with E-state index >= 15 is 0 Å². The van der Waals surface area contributed by atoms with E-state index < -0.39 is 71.5 Å². The number of ether oxygens (including phenoxy) is 5. The highest BCUT2D eigenvalue weighted by Gasteiger charge is 2.60. The molecule has 1 amide bonds. The number of benzene rings is 1. The highest BCUT2D eigenvalue weighted by atomic mass is 16.7. The Morgan fingerprint density at radius 2 is 1.77 bits per heavy atom. The molecule has 3 fully saturated rings. The van der Waals surface area contributed by atoms with Crippen LogP contribution in [-0.2, 0) is 33.3 Å². The molecule has 57 heavy (non-hydrogen) atoms. The molecule has 3 saturated heterocycles. The maximum Gasteiger partial charge on any atom is 0.410 e. The zero-order valence-electron chi connectivity index (χ0n) is 35.4. The normalized spacial score (nSPS) is 38.2. The number of pyridine rings is 1. The van der Waals surface area contributed by atoms with E-state index in [1.807, 2.05) is 77.0 Å². The lowest BCUT2D eigenvalue weighted by Gasteiger charge is -2.47. The van der Waals surface area contributed by atoms with Gasteiger partial charge in [-0.05, 0) is 98.2 Å². The maximum atomic E-state index is 14.5. The van der Waals surface area contributed by atoms with Crippen LogP contribution >= 0.6 is 0 Å². The van der Waals surface area contributed by atoms with E-state index in [0.717, 1.165) is 27.9 Å². The van der Waals surface area contributed by atoms with E-state index in [2.05, 4.69) is 24.0 Å². The summed E-state index contributed by atoms with van der Waals surface area (Å²) in [6.07, 6.45) is 0.182. The van der Waals surface area contributed by atoms with Gasteiger partial charge in [0.15, 0.2) is 17.7 Å². The Balaban J connectivity index is 1.41. The third-order valence-electron chi connectivity index (χ3n) is 12.9. The first-order valence-corrected chi connectivity index (χ1v) is 20.5. The molecule has 13 heteroatoms. The van der Waals surface area contributed by atoms with Gasteiger partial charge in [-0.15, -0.1) is 0 Å². The molecule has 0 spiro atoms. The average molecular weight is 791 g/mol. The second-order valence-electron chi connectivity index (χ2n) is 17.4. The smallest absolute Gasteiger partial charge is 0.410 e. The SMILES string of the molecule is Cc1ccc2cc(/C=C/CO[C@@]3(C)C[C@@H](C)C4=NCCN5C(=O)O[C@](C)([C@@H](C)OC(=O)[C@H](C)C(=O)[C@H](C)[C@H]3O[C@H]3O[C@@H](C)C[C@@H](N(C)C)C3O)[C@H]5[C@H]4C)ccc2n1. The lowest BCUT2D eigenvalue weighted by atomic mass is 9.73.